The first-order valence-corrected chi connectivity index (χ1v) is 16.7. The third-order valence-electron chi connectivity index (χ3n) is 6.31. The van der Waals surface area contributed by atoms with Crippen LogP contribution in [0.3, 0.4) is 0 Å². The van der Waals surface area contributed by atoms with Crippen molar-refractivity contribution in [3.63, 3.8) is 0 Å². The second-order valence-corrected chi connectivity index (χ2v) is 12.4. The molecule has 2 unspecified atom stereocenters. The SMILES string of the molecule is NCCCCCCCCCC(=O)CC(CSSCC(NC(=O)CCCCCCCCCN)C(=O)O)C(=O)O. The number of carboxylic acid groups (broad SMARTS) is 2. The number of nitrogens with two attached hydrogens (primary N) is 2. The molecule has 0 saturated heterocycles. The lowest BCUT2D eigenvalue weighted by Crippen LogP contribution is -2.42. The number of carbonyl (C=O) groups excluding carboxylic acids is 2. The maximum Gasteiger partial charge on any atom is 0.327 e. The first-order chi connectivity index (χ1) is 18.3. The molecule has 0 fully saturated rings. The van der Waals surface area contributed by atoms with Crippen molar-refractivity contribution in [3.8, 4) is 0 Å². The number of rotatable bonds is 28. The first-order valence-electron chi connectivity index (χ1n) is 14.2. The summed E-state index contributed by atoms with van der Waals surface area (Å²) in [5.74, 6) is -2.93. The molecule has 11 heteroatoms. The summed E-state index contributed by atoms with van der Waals surface area (Å²) in [7, 11) is 2.44. The summed E-state index contributed by atoms with van der Waals surface area (Å²) in [5, 5.41) is 21.5. The number of unbranched alkanes of at least 4 members (excludes halogenated alkanes) is 12. The summed E-state index contributed by atoms with van der Waals surface area (Å²) >= 11 is 0. The number of ketones is 1. The smallest absolute Gasteiger partial charge is 0.327 e. The van der Waals surface area contributed by atoms with Crippen LogP contribution < -0.4 is 16.8 Å². The molecule has 0 aromatic carbocycles. The van der Waals surface area contributed by atoms with Gasteiger partial charge in [-0.3, -0.25) is 14.4 Å². The zero-order chi connectivity index (χ0) is 28.4. The third-order valence-corrected chi connectivity index (χ3v) is 8.80. The van der Waals surface area contributed by atoms with Crippen LogP contribution in [-0.2, 0) is 19.2 Å². The van der Waals surface area contributed by atoms with Crippen LogP contribution in [0, 0.1) is 5.92 Å². The van der Waals surface area contributed by atoms with E-state index < -0.39 is 23.9 Å². The lowest BCUT2D eigenvalue weighted by Gasteiger charge is -2.15. The number of Topliss-reactive ketones (excluding diaryl/α,β-unsaturated/α-hetero) is 1. The minimum atomic E-state index is -1.12. The predicted molar refractivity (Wildman–Crippen MR) is 157 cm³/mol. The molecule has 0 aliphatic carbocycles. The van der Waals surface area contributed by atoms with Crippen LogP contribution in [0.1, 0.15) is 109 Å². The maximum atomic E-state index is 12.2. The predicted octanol–water partition coefficient (Wildman–Crippen LogP) is 4.76. The fraction of sp³-hybridized carbons (Fsp3) is 0.852. The normalized spacial score (nSPS) is 12.7. The Labute approximate surface area is 236 Å². The summed E-state index contributed by atoms with van der Waals surface area (Å²) in [6.45, 7) is 1.45. The van der Waals surface area contributed by atoms with E-state index in [-0.39, 0.29) is 29.6 Å². The maximum absolute atomic E-state index is 12.2. The molecule has 7 N–H and O–H groups in total. The quantitative estimate of drug-likeness (QED) is 0.0644. The minimum absolute atomic E-state index is 0.00842. The Morgan fingerprint density at radius 3 is 1.53 bits per heavy atom. The zero-order valence-corrected chi connectivity index (χ0v) is 24.6. The van der Waals surface area contributed by atoms with Crippen molar-refractivity contribution in [1.29, 1.82) is 0 Å². The highest BCUT2D eigenvalue weighted by molar-refractivity contribution is 8.76. The van der Waals surface area contributed by atoms with Gasteiger partial charge in [-0.25, -0.2) is 4.79 Å². The summed E-state index contributed by atoms with van der Waals surface area (Å²) in [4.78, 5) is 47.5. The van der Waals surface area contributed by atoms with Gasteiger partial charge in [-0.15, -0.1) is 0 Å². The Morgan fingerprint density at radius 2 is 1.05 bits per heavy atom. The second kappa shape index (κ2) is 26.0. The van der Waals surface area contributed by atoms with Crippen molar-refractivity contribution >= 4 is 45.2 Å². The largest absolute Gasteiger partial charge is 0.481 e. The van der Waals surface area contributed by atoms with Gasteiger partial charge < -0.3 is 27.0 Å². The average Bonchev–Trinajstić information content (AvgIpc) is 2.87. The lowest BCUT2D eigenvalue weighted by atomic mass is 10.00. The minimum Gasteiger partial charge on any atom is -0.481 e. The van der Waals surface area contributed by atoms with Gasteiger partial charge in [0.1, 0.15) is 11.8 Å². The Kier molecular flexibility index (Phi) is 25.1. The Bertz CT molecular complexity index is 600. The molecule has 9 nitrogen and oxygen atoms in total. The highest BCUT2D eigenvalue weighted by Gasteiger charge is 2.23. The van der Waals surface area contributed by atoms with Crippen LogP contribution in [0.15, 0.2) is 0 Å². The number of nitrogens with one attached hydrogen (secondary N) is 1. The summed E-state index contributed by atoms with van der Waals surface area (Å²) in [5.41, 5.74) is 11.0. The molecule has 222 valence electrons. The van der Waals surface area contributed by atoms with Crippen LogP contribution in [0.2, 0.25) is 0 Å². The molecule has 0 aromatic heterocycles. The Hall–Kier alpha value is -1.30. The van der Waals surface area contributed by atoms with Gasteiger partial charge in [-0.2, -0.15) is 0 Å². The van der Waals surface area contributed by atoms with Crippen LogP contribution >= 0.6 is 21.6 Å². The molecule has 0 saturated carbocycles. The highest BCUT2D eigenvalue weighted by atomic mass is 33.1. The van der Waals surface area contributed by atoms with Crippen LogP contribution in [0.25, 0.3) is 0 Å². The molecule has 1 amide bonds. The van der Waals surface area contributed by atoms with Gasteiger partial charge in [-0.05, 0) is 38.8 Å². The van der Waals surface area contributed by atoms with Gasteiger partial charge in [0.05, 0.1) is 5.92 Å². The topological polar surface area (TPSA) is 173 Å². The van der Waals surface area contributed by atoms with Crippen molar-refractivity contribution < 1.29 is 29.4 Å². The van der Waals surface area contributed by atoms with E-state index in [1.807, 2.05) is 0 Å². The van der Waals surface area contributed by atoms with Gasteiger partial charge in [0, 0.05) is 30.8 Å². The Balaban J connectivity index is 4.10. The Morgan fingerprint density at radius 1 is 0.605 bits per heavy atom. The molecule has 0 heterocycles. The van der Waals surface area contributed by atoms with E-state index in [0.29, 0.717) is 12.8 Å². The van der Waals surface area contributed by atoms with E-state index in [0.717, 1.165) is 103 Å². The number of hydrogen-bond donors (Lipinski definition) is 5. The second-order valence-electron chi connectivity index (χ2n) is 9.83. The zero-order valence-electron chi connectivity index (χ0n) is 23.0. The van der Waals surface area contributed by atoms with Gasteiger partial charge in [-0.1, -0.05) is 85.8 Å². The fourth-order valence-corrected chi connectivity index (χ4v) is 6.40. The van der Waals surface area contributed by atoms with Gasteiger partial charge in [0.25, 0.3) is 0 Å². The summed E-state index contributed by atoms with van der Waals surface area (Å²) in [6.07, 6.45) is 15.1. The molecule has 2 atom stereocenters. The van der Waals surface area contributed by atoms with Gasteiger partial charge >= 0.3 is 11.9 Å². The standard InChI is InChI=1S/C27H51N3O6S2/c28-17-13-9-5-1-3-7-11-15-23(31)19-22(26(33)34)20-37-38-21-24(27(35)36)30-25(32)16-12-8-4-2-6-10-14-18-29/h22,24H,1-21,28-29H2,(H,30,32)(H,33,34)(H,35,36). The van der Waals surface area contributed by atoms with Crippen molar-refractivity contribution in [2.24, 2.45) is 17.4 Å². The molecule has 0 aromatic rings. The number of aliphatic carboxylic acids is 2. The number of carboxylic acids is 2. The molecular weight excluding hydrogens is 526 g/mol. The third kappa shape index (κ3) is 22.7. The molecular formula is C27H51N3O6S2. The summed E-state index contributed by atoms with van der Waals surface area (Å²) < 4.78 is 0. The van der Waals surface area contributed by atoms with Gasteiger partial charge in [0.2, 0.25) is 5.91 Å². The monoisotopic (exact) mass is 577 g/mol. The van der Waals surface area contributed by atoms with E-state index in [1.54, 1.807) is 0 Å². The van der Waals surface area contributed by atoms with Crippen LogP contribution in [-0.4, -0.2) is 64.5 Å². The highest BCUT2D eigenvalue weighted by Crippen LogP contribution is 2.27. The molecule has 0 radical (unpaired) electrons. The van der Waals surface area contributed by atoms with Crippen molar-refractivity contribution in [1.82, 2.24) is 5.32 Å². The first kappa shape index (κ1) is 36.7. The number of carbonyl (C=O) groups is 4. The van der Waals surface area contributed by atoms with Crippen molar-refractivity contribution in [2.75, 3.05) is 24.6 Å². The fourth-order valence-electron chi connectivity index (χ4n) is 3.95. The van der Waals surface area contributed by atoms with Crippen LogP contribution in [0.4, 0.5) is 0 Å². The van der Waals surface area contributed by atoms with Gasteiger partial charge in [0.15, 0.2) is 0 Å². The average molecular weight is 578 g/mol. The lowest BCUT2D eigenvalue weighted by molar-refractivity contribution is -0.143. The van der Waals surface area contributed by atoms with E-state index in [4.69, 9.17) is 11.5 Å². The molecule has 0 spiro atoms. The van der Waals surface area contributed by atoms with Crippen molar-refractivity contribution in [3.05, 3.63) is 0 Å². The number of amides is 1. The summed E-state index contributed by atoms with van der Waals surface area (Å²) in [6, 6.07) is -1.03. The van der Waals surface area contributed by atoms with E-state index in [2.05, 4.69) is 5.32 Å². The van der Waals surface area contributed by atoms with Crippen molar-refractivity contribution in [2.45, 2.75) is 115 Å². The van der Waals surface area contributed by atoms with E-state index >= 15 is 0 Å². The van der Waals surface area contributed by atoms with E-state index in [9.17, 15) is 29.4 Å². The molecule has 38 heavy (non-hydrogen) atoms. The molecule has 0 aliphatic rings. The number of hydrogen-bond acceptors (Lipinski definition) is 8. The van der Waals surface area contributed by atoms with E-state index in [1.165, 1.54) is 21.6 Å². The molecule has 0 rings (SSSR count). The molecule has 0 bridgehead atoms. The molecule has 0 aliphatic heterocycles. The van der Waals surface area contributed by atoms with Crippen LogP contribution in [0.5, 0.6) is 0 Å².